The van der Waals surface area contributed by atoms with E-state index in [9.17, 15) is 15.5 Å². The maximum absolute atomic E-state index is 10.4. The lowest BCUT2D eigenvalue weighted by Gasteiger charge is -2.19. The van der Waals surface area contributed by atoms with Crippen LogP contribution in [0.25, 0.3) is 11.2 Å². The number of nitrogens with one attached hydrogen (secondary N) is 1. The number of anilines is 1. The van der Waals surface area contributed by atoms with Gasteiger partial charge in [-0.25, -0.2) is 19.8 Å². The molecule has 0 aromatic carbocycles. The molecule has 4 N–H and O–H groups in total. The summed E-state index contributed by atoms with van der Waals surface area (Å²) in [6.45, 7) is -0.427. The molecule has 1 aliphatic carbocycles. The highest BCUT2D eigenvalue weighted by atomic mass is 17.3. The highest BCUT2D eigenvalue weighted by Crippen LogP contribution is 2.33. The summed E-state index contributed by atoms with van der Waals surface area (Å²) < 4.78 is 7.12. The Labute approximate surface area is 158 Å². The van der Waals surface area contributed by atoms with Gasteiger partial charge in [-0.15, -0.1) is 0 Å². The van der Waals surface area contributed by atoms with E-state index in [1.165, 1.54) is 30.1 Å². The molecule has 0 amide bonds. The van der Waals surface area contributed by atoms with Crippen molar-refractivity contribution in [3.05, 3.63) is 12.7 Å². The largest absolute Gasteiger partial charge is 0.700 e. The van der Waals surface area contributed by atoms with Crippen LogP contribution in [-0.4, -0.2) is 71.3 Å². The van der Waals surface area contributed by atoms with E-state index in [1.54, 1.807) is 0 Å². The van der Waals surface area contributed by atoms with E-state index in [-0.39, 0.29) is 0 Å². The zero-order chi connectivity index (χ0) is 19.7. The summed E-state index contributed by atoms with van der Waals surface area (Å²) in [5, 5.41) is 42.4. The van der Waals surface area contributed by atoms with Crippen molar-refractivity contribution in [1.82, 2.24) is 24.9 Å². The van der Waals surface area contributed by atoms with Gasteiger partial charge in [-0.1, -0.05) is 12.8 Å². The molecule has 0 bridgehead atoms. The minimum atomic E-state index is -1.33. The molecule has 154 valence electrons. The fourth-order valence-electron chi connectivity index (χ4n) is 3.66. The molecule has 2 aliphatic rings. The fraction of sp³-hybridized carbons (Fsp3) is 0.667. The van der Waals surface area contributed by atoms with Gasteiger partial charge >= 0.3 is 0 Å². The number of nitrogens with zero attached hydrogens (tertiary/aromatic N) is 5. The molecule has 3 heterocycles. The molecular weight excluding hydrogens is 376 g/mol. The molecule has 0 radical (unpaired) electrons. The first-order valence-corrected chi connectivity index (χ1v) is 8.96. The van der Waals surface area contributed by atoms with Crippen LogP contribution < -0.4 is 10.6 Å². The average Bonchev–Trinajstić information content (AvgIpc) is 3.42. The Morgan fingerprint density at radius 1 is 1.25 bits per heavy atom. The molecule has 0 spiro atoms. The SMILES string of the molecule is [O-]ON(O)OC[C@H]1O[C@@H](n2cnc3c(NC4CCCC4)ncnc32)[C@H](O)[C@@H]1O. The van der Waals surface area contributed by atoms with Crippen molar-refractivity contribution in [2.24, 2.45) is 0 Å². The number of aliphatic hydroxyl groups excluding tert-OH is 2. The van der Waals surface area contributed by atoms with Crippen LogP contribution in [0.15, 0.2) is 12.7 Å². The molecule has 13 heteroatoms. The van der Waals surface area contributed by atoms with E-state index in [4.69, 9.17) is 9.94 Å². The molecule has 1 saturated carbocycles. The van der Waals surface area contributed by atoms with Crippen molar-refractivity contribution in [3.63, 3.8) is 0 Å². The third-order valence-electron chi connectivity index (χ3n) is 5.08. The molecular formula is C15H21N6O7-. The van der Waals surface area contributed by atoms with Crippen LogP contribution in [-0.2, 0) is 14.6 Å². The lowest BCUT2D eigenvalue weighted by Crippen LogP contribution is -2.36. The second-order valence-corrected chi connectivity index (χ2v) is 6.83. The molecule has 1 aliphatic heterocycles. The monoisotopic (exact) mass is 397 g/mol. The highest BCUT2D eigenvalue weighted by Gasteiger charge is 2.44. The molecule has 1 saturated heterocycles. The van der Waals surface area contributed by atoms with Gasteiger partial charge in [0.15, 0.2) is 23.2 Å². The summed E-state index contributed by atoms with van der Waals surface area (Å²) in [6.07, 6.45) is 2.65. The zero-order valence-electron chi connectivity index (χ0n) is 14.8. The van der Waals surface area contributed by atoms with Crippen molar-refractivity contribution in [1.29, 1.82) is 0 Å². The van der Waals surface area contributed by atoms with Crippen molar-refractivity contribution in [2.75, 3.05) is 11.9 Å². The molecule has 4 atom stereocenters. The van der Waals surface area contributed by atoms with Crippen LogP contribution in [0.4, 0.5) is 5.82 Å². The van der Waals surface area contributed by atoms with Gasteiger partial charge < -0.3 is 30.5 Å². The maximum atomic E-state index is 10.4. The Morgan fingerprint density at radius 2 is 2.04 bits per heavy atom. The smallest absolute Gasteiger partial charge is 0.167 e. The number of hydrogen-bond donors (Lipinski definition) is 4. The predicted molar refractivity (Wildman–Crippen MR) is 87.8 cm³/mol. The highest BCUT2D eigenvalue weighted by molar-refractivity contribution is 5.82. The van der Waals surface area contributed by atoms with Crippen molar-refractivity contribution in [3.8, 4) is 0 Å². The summed E-state index contributed by atoms with van der Waals surface area (Å²) in [5.74, 6) is 0.604. The van der Waals surface area contributed by atoms with E-state index < -0.39 is 36.5 Å². The molecule has 13 nitrogen and oxygen atoms in total. The van der Waals surface area contributed by atoms with Gasteiger partial charge in [0.05, 0.1) is 11.7 Å². The molecule has 2 fully saturated rings. The maximum Gasteiger partial charge on any atom is 0.167 e. The first-order chi connectivity index (χ1) is 13.6. The topological polar surface area (TPSA) is 170 Å². The number of imidazole rings is 1. The van der Waals surface area contributed by atoms with Crippen molar-refractivity contribution >= 4 is 17.0 Å². The van der Waals surface area contributed by atoms with Gasteiger partial charge in [-0.3, -0.25) is 9.77 Å². The lowest BCUT2D eigenvalue weighted by atomic mass is 10.1. The van der Waals surface area contributed by atoms with E-state index in [2.05, 4.69) is 30.1 Å². The first-order valence-electron chi connectivity index (χ1n) is 8.96. The second kappa shape index (κ2) is 8.18. The van der Waals surface area contributed by atoms with Gasteiger partial charge in [0.2, 0.25) is 0 Å². The first kappa shape index (κ1) is 19.4. The Morgan fingerprint density at radius 3 is 2.79 bits per heavy atom. The van der Waals surface area contributed by atoms with Gasteiger partial charge in [-0.2, -0.15) is 0 Å². The number of fused-ring (bicyclic) bond motifs is 1. The Kier molecular flexibility index (Phi) is 5.65. The third-order valence-corrected chi connectivity index (χ3v) is 5.08. The summed E-state index contributed by atoms with van der Waals surface area (Å²) in [5.41, 5.74) is 0.959. The third kappa shape index (κ3) is 3.66. The standard InChI is InChI=1S/C15H22N6O7/c22-11-9(5-26-21(24)28-25)27-15(12(11)23)20-7-18-10-13(16-6-17-14(10)20)19-8-3-1-2-4-8/h6-9,11-12,15,22-25H,1-5H2,(H,16,17,19)/p-1/t9-,11-,12-,15-/m1/s1. The molecule has 28 heavy (non-hydrogen) atoms. The van der Waals surface area contributed by atoms with Gasteiger partial charge in [0.25, 0.3) is 0 Å². The van der Waals surface area contributed by atoms with E-state index in [0.29, 0.717) is 23.0 Å². The van der Waals surface area contributed by atoms with Gasteiger partial charge in [-0.05, 0) is 12.8 Å². The number of rotatable bonds is 7. The Hall–Kier alpha value is -1.97. The summed E-state index contributed by atoms with van der Waals surface area (Å²) >= 11 is 0. The number of aromatic nitrogens is 4. The van der Waals surface area contributed by atoms with Crippen LogP contribution in [0.5, 0.6) is 0 Å². The second-order valence-electron chi connectivity index (χ2n) is 6.83. The van der Waals surface area contributed by atoms with Gasteiger partial charge in [0, 0.05) is 6.04 Å². The van der Waals surface area contributed by atoms with Crippen LogP contribution in [0.1, 0.15) is 31.9 Å². The summed E-state index contributed by atoms with van der Waals surface area (Å²) in [4.78, 5) is 20.6. The van der Waals surface area contributed by atoms with Crippen LogP contribution >= 0.6 is 0 Å². The summed E-state index contributed by atoms with van der Waals surface area (Å²) in [6, 6.07) is 0.338. The normalized spacial score (nSPS) is 28.6. The Balaban J connectivity index is 1.53. The zero-order valence-corrected chi connectivity index (χ0v) is 14.8. The van der Waals surface area contributed by atoms with E-state index >= 15 is 0 Å². The predicted octanol–water partition coefficient (Wildman–Crippen LogP) is -1.37. The number of ether oxygens (including phenoxy) is 1. The van der Waals surface area contributed by atoms with Crippen molar-refractivity contribution < 1.29 is 35.2 Å². The van der Waals surface area contributed by atoms with Crippen LogP contribution in [0, 0.1) is 0 Å². The van der Waals surface area contributed by atoms with Gasteiger partial charge in [0.1, 0.15) is 31.2 Å². The van der Waals surface area contributed by atoms with E-state index in [1.807, 2.05) is 0 Å². The minimum Gasteiger partial charge on any atom is -0.700 e. The summed E-state index contributed by atoms with van der Waals surface area (Å²) in [7, 11) is 0. The van der Waals surface area contributed by atoms with Crippen molar-refractivity contribution in [2.45, 2.75) is 56.3 Å². The average molecular weight is 397 g/mol. The molecule has 2 aromatic rings. The number of aliphatic hydroxyl groups is 2. The number of hydrogen-bond acceptors (Lipinski definition) is 12. The quantitative estimate of drug-likeness (QED) is 0.320. The Bertz CT molecular complexity index is 800. The fourth-order valence-corrected chi connectivity index (χ4v) is 3.66. The van der Waals surface area contributed by atoms with E-state index in [0.717, 1.165) is 12.8 Å². The molecule has 0 unspecified atom stereocenters. The van der Waals surface area contributed by atoms with Crippen LogP contribution in [0.2, 0.25) is 0 Å². The molecule has 4 rings (SSSR count). The van der Waals surface area contributed by atoms with Crippen LogP contribution in [0.3, 0.4) is 0 Å². The lowest BCUT2D eigenvalue weighted by molar-refractivity contribution is -0.825. The minimum absolute atomic E-state index is 0.338. The molecule has 2 aromatic heterocycles.